The van der Waals surface area contributed by atoms with Crippen molar-refractivity contribution in [2.24, 2.45) is 11.8 Å². The van der Waals surface area contributed by atoms with Crippen LogP contribution in [0.1, 0.15) is 30.4 Å². The van der Waals surface area contributed by atoms with Crippen LogP contribution in [0.5, 0.6) is 5.75 Å². The first-order valence-corrected chi connectivity index (χ1v) is 6.67. The van der Waals surface area contributed by atoms with Gasteiger partial charge >= 0.3 is 0 Å². The molecule has 1 saturated carbocycles. The van der Waals surface area contributed by atoms with Crippen LogP contribution in [-0.4, -0.2) is 25.3 Å². The number of benzene rings is 1. The Bertz CT molecular complexity index is 527. The molecule has 5 heteroatoms. The Labute approximate surface area is 118 Å². The molecule has 1 aromatic rings. The van der Waals surface area contributed by atoms with Crippen molar-refractivity contribution in [1.82, 2.24) is 0 Å². The number of methoxy groups -OCH3 is 1. The molecular formula is C15H19NO4. The van der Waals surface area contributed by atoms with Gasteiger partial charge in [0.05, 0.1) is 6.61 Å². The first-order valence-electron chi connectivity index (χ1n) is 6.67. The van der Waals surface area contributed by atoms with Crippen LogP contribution in [0.15, 0.2) is 18.2 Å². The van der Waals surface area contributed by atoms with Crippen molar-refractivity contribution in [3.63, 3.8) is 0 Å². The Morgan fingerprint density at radius 3 is 2.70 bits per heavy atom. The zero-order valence-corrected chi connectivity index (χ0v) is 11.7. The van der Waals surface area contributed by atoms with Gasteiger partial charge in [0.1, 0.15) is 17.5 Å². The number of hydrogen-bond donors (Lipinski definition) is 1. The highest BCUT2D eigenvalue weighted by Crippen LogP contribution is 2.35. The maximum Gasteiger partial charge on any atom is 0.153 e. The maximum absolute atomic E-state index is 12.4. The molecule has 1 fully saturated rings. The predicted molar refractivity (Wildman–Crippen MR) is 73.4 cm³/mol. The summed E-state index contributed by atoms with van der Waals surface area (Å²) in [6, 6.07) is 5.22. The van der Waals surface area contributed by atoms with E-state index in [1.165, 1.54) is 7.11 Å². The van der Waals surface area contributed by atoms with E-state index >= 15 is 0 Å². The lowest BCUT2D eigenvalue weighted by molar-refractivity contribution is -0.125. The summed E-state index contributed by atoms with van der Waals surface area (Å²) in [7, 11) is 1.54. The van der Waals surface area contributed by atoms with Crippen molar-refractivity contribution in [1.29, 1.82) is 0 Å². The van der Waals surface area contributed by atoms with Crippen molar-refractivity contribution < 1.29 is 19.2 Å². The van der Waals surface area contributed by atoms with Crippen LogP contribution in [-0.2, 0) is 20.7 Å². The monoisotopic (exact) mass is 277 g/mol. The van der Waals surface area contributed by atoms with Gasteiger partial charge < -0.3 is 9.57 Å². The Morgan fingerprint density at radius 2 is 2.10 bits per heavy atom. The molecule has 108 valence electrons. The summed E-state index contributed by atoms with van der Waals surface area (Å²) in [5.74, 6) is 4.59. The van der Waals surface area contributed by atoms with Crippen LogP contribution in [0.2, 0.25) is 0 Å². The topological polar surface area (TPSA) is 78.6 Å². The van der Waals surface area contributed by atoms with E-state index in [-0.39, 0.29) is 23.9 Å². The van der Waals surface area contributed by atoms with Gasteiger partial charge in [0, 0.05) is 19.4 Å². The van der Waals surface area contributed by atoms with Gasteiger partial charge in [-0.2, -0.15) is 5.90 Å². The molecule has 0 radical (unpaired) electrons. The van der Waals surface area contributed by atoms with E-state index in [9.17, 15) is 9.59 Å². The van der Waals surface area contributed by atoms with Crippen LogP contribution in [0, 0.1) is 5.92 Å². The third-order valence-corrected chi connectivity index (χ3v) is 3.77. The van der Waals surface area contributed by atoms with Crippen LogP contribution in [0.4, 0.5) is 0 Å². The van der Waals surface area contributed by atoms with Crippen LogP contribution in [0.3, 0.4) is 0 Å². The fourth-order valence-corrected chi connectivity index (χ4v) is 2.77. The summed E-state index contributed by atoms with van der Waals surface area (Å²) < 4.78 is 5.01. The van der Waals surface area contributed by atoms with Crippen molar-refractivity contribution >= 4 is 11.6 Å². The van der Waals surface area contributed by atoms with Gasteiger partial charge in [0.25, 0.3) is 0 Å². The molecule has 2 unspecified atom stereocenters. The van der Waals surface area contributed by atoms with Gasteiger partial charge in [-0.3, -0.25) is 9.59 Å². The molecule has 0 spiro atoms. The summed E-state index contributed by atoms with van der Waals surface area (Å²) in [6.07, 6.45) is 0.966. The van der Waals surface area contributed by atoms with Crippen LogP contribution >= 0.6 is 0 Å². The van der Waals surface area contributed by atoms with E-state index < -0.39 is 5.92 Å². The second-order valence-corrected chi connectivity index (χ2v) is 4.99. The second kappa shape index (κ2) is 6.15. The minimum Gasteiger partial charge on any atom is -0.412 e. The van der Waals surface area contributed by atoms with Crippen molar-refractivity contribution in [3.05, 3.63) is 29.3 Å². The largest absolute Gasteiger partial charge is 0.412 e. The molecule has 0 aliphatic heterocycles. The Morgan fingerprint density at radius 1 is 1.35 bits per heavy atom. The highest BCUT2D eigenvalue weighted by atomic mass is 16.6. The number of ketones is 2. The zero-order chi connectivity index (χ0) is 14.7. The zero-order valence-electron chi connectivity index (χ0n) is 11.7. The lowest BCUT2D eigenvalue weighted by Gasteiger charge is -2.14. The molecule has 0 bridgehead atoms. The Balaban J connectivity index is 2.36. The maximum atomic E-state index is 12.4. The molecule has 2 atom stereocenters. The number of hydrogen-bond acceptors (Lipinski definition) is 5. The minimum absolute atomic E-state index is 0.0341. The van der Waals surface area contributed by atoms with Crippen molar-refractivity contribution in [3.8, 4) is 5.75 Å². The fraction of sp³-hybridized carbons (Fsp3) is 0.467. The molecule has 1 aliphatic carbocycles. The molecule has 0 saturated heterocycles. The Hall–Kier alpha value is -1.72. The van der Waals surface area contributed by atoms with Crippen LogP contribution < -0.4 is 10.7 Å². The number of carbonyl (C=O) groups excluding carboxylic acids is 2. The highest BCUT2D eigenvalue weighted by Gasteiger charge is 2.42. The van der Waals surface area contributed by atoms with Gasteiger partial charge in [-0.15, -0.1) is 0 Å². The van der Waals surface area contributed by atoms with Gasteiger partial charge in [-0.1, -0.05) is 13.0 Å². The summed E-state index contributed by atoms with van der Waals surface area (Å²) in [4.78, 5) is 29.2. The van der Waals surface area contributed by atoms with E-state index in [1.54, 1.807) is 18.2 Å². The van der Waals surface area contributed by atoms with Gasteiger partial charge in [0.2, 0.25) is 0 Å². The number of carbonyl (C=O) groups is 2. The number of ether oxygens (including phenoxy) is 1. The first kappa shape index (κ1) is 14.7. The van der Waals surface area contributed by atoms with Crippen LogP contribution in [0.25, 0.3) is 0 Å². The number of aryl methyl sites for hydroxylation is 1. The molecule has 2 N–H and O–H groups in total. The molecule has 1 aliphatic rings. The molecule has 0 amide bonds. The SMILES string of the molecule is CCc1cc(ON)ccc1C1C(=O)CC(COC)C1=O. The van der Waals surface area contributed by atoms with E-state index in [1.807, 2.05) is 6.92 Å². The van der Waals surface area contributed by atoms with Gasteiger partial charge in [-0.05, 0) is 29.7 Å². The first-order chi connectivity index (χ1) is 9.62. The molecular weight excluding hydrogens is 258 g/mol. The minimum atomic E-state index is -0.670. The number of rotatable bonds is 5. The third-order valence-electron chi connectivity index (χ3n) is 3.77. The average Bonchev–Trinajstić information content (AvgIpc) is 2.73. The van der Waals surface area contributed by atoms with E-state index in [0.717, 1.165) is 11.1 Å². The number of nitrogens with two attached hydrogens (primary N) is 1. The fourth-order valence-electron chi connectivity index (χ4n) is 2.77. The van der Waals surface area contributed by atoms with Crippen molar-refractivity contribution in [2.75, 3.05) is 13.7 Å². The highest BCUT2D eigenvalue weighted by molar-refractivity contribution is 6.14. The van der Waals surface area contributed by atoms with E-state index in [0.29, 0.717) is 18.8 Å². The molecule has 5 nitrogen and oxygen atoms in total. The third kappa shape index (κ3) is 2.59. The summed E-state index contributed by atoms with van der Waals surface area (Å²) >= 11 is 0. The van der Waals surface area contributed by atoms with Crippen molar-refractivity contribution in [2.45, 2.75) is 25.7 Å². The smallest absolute Gasteiger partial charge is 0.153 e. The summed E-state index contributed by atoms with van der Waals surface area (Å²) in [5, 5.41) is 0. The second-order valence-electron chi connectivity index (χ2n) is 4.99. The lowest BCUT2D eigenvalue weighted by atomic mass is 9.89. The van der Waals surface area contributed by atoms with E-state index in [4.69, 9.17) is 15.5 Å². The number of Topliss-reactive ketones (excluding diaryl/α,β-unsaturated/α-hetero) is 2. The Kier molecular flexibility index (Phi) is 4.52. The van der Waals surface area contributed by atoms with Gasteiger partial charge in [0.15, 0.2) is 5.78 Å². The predicted octanol–water partition coefficient (Wildman–Crippen LogP) is 1.39. The van der Waals surface area contributed by atoms with E-state index in [2.05, 4.69) is 0 Å². The molecule has 2 rings (SSSR count). The van der Waals surface area contributed by atoms with Gasteiger partial charge in [-0.25, -0.2) is 0 Å². The average molecular weight is 277 g/mol. The lowest BCUT2D eigenvalue weighted by Crippen LogP contribution is -2.19. The molecule has 0 aromatic heterocycles. The summed E-state index contributed by atoms with van der Waals surface area (Å²) in [5.41, 5.74) is 1.68. The molecule has 0 heterocycles. The summed E-state index contributed by atoms with van der Waals surface area (Å²) in [6.45, 7) is 2.27. The molecule has 20 heavy (non-hydrogen) atoms. The standard InChI is InChI=1S/C15H19NO4/c1-3-9-6-11(20-16)4-5-12(9)14-13(17)7-10(8-19-2)15(14)18/h4-6,10,14H,3,7-8,16H2,1-2H3. The molecule has 1 aromatic carbocycles. The normalized spacial score (nSPS) is 22.4. The quantitative estimate of drug-likeness (QED) is 0.650.